The largest absolute Gasteiger partial charge is 0.493 e. The van der Waals surface area contributed by atoms with Gasteiger partial charge in [-0.25, -0.2) is 9.97 Å². The molecule has 0 fully saturated rings. The first-order valence-corrected chi connectivity index (χ1v) is 7.04. The second-order valence-electron chi connectivity index (χ2n) is 3.85. The Morgan fingerprint density at radius 2 is 2.05 bits per heavy atom. The van der Waals surface area contributed by atoms with Crippen molar-refractivity contribution >= 4 is 21.7 Å². The Balaban J connectivity index is 2.44. The monoisotopic (exact) mass is 321 g/mol. The lowest BCUT2D eigenvalue weighted by Crippen LogP contribution is -2.03. The molecule has 2 rings (SSSR count). The number of hydrogen-bond acceptors (Lipinski definition) is 4. The normalized spacial score (nSPS) is 10.3. The van der Waals surface area contributed by atoms with Crippen LogP contribution in [0, 0.1) is 0 Å². The standard InChI is InChI=1S/C14H16BrN3O/c1-3-16-14-11(15)9-17-13(18-14)10-7-5-6-8-12(10)19-4-2/h5-9H,3-4H2,1-2H3,(H,16,17,18). The van der Waals surface area contributed by atoms with Gasteiger partial charge in [-0.1, -0.05) is 12.1 Å². The summed E-state index contributed by atoms with van der Waals surface area (Å²) in [5.74, 6) is 2.25. The van der Waals surface area contributed by atoms with Gasteiger partial charge < -0.3 is 10.1 Å². The molecule has 0 unspecified atom stereocenters. The van der Waals surface area contributed by atoms with Crippen LogP contribution in [0.5, 0.6) is 5.75 Å². The van der Waals surface area contributed by atoms with Gasteiger partial charge in [0.2, 0.25) is 0 Å². The number of para-hydroxylation sites is 1. The van der Waals surface area contributed by atoms with E-state index in [9.17, 15) is 0 Å². The predicted octanol–water partition coefficient (Wildman–Crippen LogP) is 3.74. The van der Waals surface area contributed by atoms with Crippen LogP contribution >= 0.6 is 15.9 Å². The number of ether oxygens (including phenoxy) is 1. The molecule has 1 aromatic carbocycles. The third-order valence-corrected chi connectivity index (χ3v) is 3.10. The van der Waals surface area contributed by atoms with E-state index in [4.69, 9.17) is 4.74 Å². The zero-order valence-corrected chi connectivity index (χ0v) is 12.6. The van der Waals surface area contributed by atoms with Gasteiger partial charge in [-0.3, -0.25) is 0 Å². The first-order chi connectivity index (χ1) is 9.26. The molecule has 0 spiro atoms. The van der Waals surface area contributed by atoms with Gasteiger partial charge in [-0.15, -0.1) is 0 Å². The van der Waals surface area contributed by atoms with Crippen LogP contribution in [-0.4, -0.2) is 23.1 Å². The number of aromatic nitrogens is 2. The first kappa shape index (κ1) is 13.8. The van der Waals surface area contributed by atoms with E-state index < -0.39 is 0 Å². The first-order valence-electron chi connectivity index (χ1n) is 6.24. The van der Waals surface area contributed by atoms with E-state index in [1.54, 1.807) is 6.20 Å². The van der Waals surface area contributed by atoms with Crippen molar-refractivity contribution in [1.29, 1.82) is 0 Å². The summed E-state index contributed by atoms with van der Waals surface area (Å²) in [5.41, 5.74) is 0.899. The number of anilines is 1. The number of hydrogen-bond donors (Lipinski definition) is 1. The number of benzene rings is 1. The van der Waals surface area contributed by atoms with Crippen LogP contribution in [-0.2, 0) is 0 Å². The van der Waals surface area contributed by atoms with Crippen LogP contribution in [0.1, 0.15) is 13.8 Å². The number of nitrogens with one attached hydrogen (secondary N) is 1. The summed E-state index contributed by atoms with van der Waals surface area (Å²) in [5, 5.41) is 3.20. The minimum Gasteiger partial charge on any atom is -0.493 e. The molecular weight excluding hydrogens is 306 g/mol. The SMILES string of the molecule is CCNc1nc(-c2ccccc2OCC)ncc1Br. The van der Waals surface area contributed by atoms with Crippen LogP contribution < -0.4 is 10.1 Å². The highest BCUT2D eigenvalue weighted by molar-refractivity contribution is 9.10. The average Bonchev–Trinajstić information content (AvgIpc) is 2.43. The topological polar surface area (TPSA) is 47.0 Å². The average molecular weight is 322 g/mol. The van der Waals surface area contributed by atoms with E-state index in [1.165, 1.54) is 0 Å². The summed E-state index contributed by atoms with van der Waals surface area (Å²) >= 11 is 3.43. The van der Waals surface area contributed by atoms with E-state index in [-0.39, 0.29) is 0 Å². The molecule has 0 aliphatic heterocycles. The van der Waals surface area contributed by atoms with Crippen molar-refractivity contribution < 1.29 is 4.74 Å². The summed E-state index contributed by atoms with van der Waals surface area (Å²) in [7, 11) is 0. The molecule has 1 heterocycles. The van der Waals surface area contributed by atoms with Crippen LogP contribution in [0.25, 0.3) is 11.4 Å². The molecule has 5 heteroatoms. The molecule has 19 heavy (non-hydrogen) atoms. The predicted molar refractivity (Wildman–Crippen MR) is 80.5 cm³/mol. The van der Waals surface area contributed by atoms with Crippen LogP contribution in [0.2, 0.25) is 0 Å². The fourth-order valence-corrected chi connectivity index (χ4v) is 2.05. The molecule has 1 aromatic heterocycles. The molecule has 0 saturated heterocycles. The maximum Gasteiger partial charge on any atom is 0.165 e. The van der Waals surface area contributed by atoms with Crippen molar-refractivity contribution in [3.8, 4) is 17.1 Å². The zero-order chi connectivity index (χ0) is 13.7. The molecule has 0 aliphatic carbocycles. The van der Waals surface area contributed by atoms with Crippen LogP contribution in [0.4, 0.5) is 5.82 Å². The lowest BCUT2D eigenvalue weighted by molar-refractivity contribution is 0.341. The lowest BCUT2D eigenvalue weighted by atomic mass is 10.2. The Morgan fingerprint density at radius 3 is 2.79 bits per heavy atom. The number of halogens is 1. The van der Waals surface area contributed by atoms with E-state index in [2.05, 4.69) is 31.2 Å². The Morgan fingerprint density at radius 1 is 1.26 bits per heavy atom. The maximum absolute atomic E-state index is 5.61. The van der Waals surface area contributed by atoms with Crippen molar-refractivity contribution in [2.24, 2.45) is 0 Å². The Kier molecular flexibility index (Phi) is 4.74. The fraction of sp³-hybridized carbons (Fsp3) is 0.286. The lowest BCUT2D eigenvalue weighted by Gasteiger charge is -2.11. The molecule has 100 valence electrons. The van der Waals surface area contributed by atoms with Gasteiger partial charge in [0, 0.05) is 12.7 Å². The molecule has 0 aliphatic rings. The summed E-state index contributed by atoms with van der Waals surface area (Å²) in [6, 6.07) is 7.79. The quantitative estimate of drug-likeness (QED) is 0.911. The van der Waals surface area contributed by atoms with Gasteiger partial charge in [0.05, 0.1) is 16.6 Å². The fourth-order valence-electron chi connectivity index (χ4n) is 1.72. The minimum atomic E-state index is 0.619. The van der Waals surface area contributed by atoms with Crippen molar-refractivity contribution in [1.82, 2.24) is 9.97 Å². The molecule has 4 nitrogen and oxygen atoms in total. The van der Waals surface area contributed by atoms with Crippen LogP contribution in [0.15, 0.2) is 34.9 Å². The van der Waals surface area contributed by atoms with E-state index >= 15 is 0 Å². The molecule has 1 N–H and O–H groups in total. The zero-order valence-electron chi connectivity index (χ0n) is 11.0. The highest BCUT2D eigenvalue weighted by Crippen LogP contribution is 2.29. The summed E-state index contributed by atoms with van der Waals surface area (Å²) in [6.45, 7) is 5.42. The second kappa shape index (κ2) is 6.52. The van der Waals surface area contributed by atoms with E-state index in [0.717, 1.165) is 28.1 Å². The third-order valence-electron chi connectivity index (χ3n) is 2.52. The molecular formula is C14H16BrN3O. The van der Waals surface area contributed by atoms with Crippen molar-refractivity contribution in [2.75, 3.05) is 18.5 Å². The van der Waals surface area contributed by atoms with Gasteiger partial charge in [0.1, 0.15) is 11.6 Å². The highest BCUT2D eigenvalue weighted by atomic mass is 79.9. The second-order valence-corrected chi connectivity index (χ2v) is 4.70. The number of nitrogens with zero attached hydrogens (tertiary/aromatic N) is 2. The molecule has 0 bridgehead atoms. The molecule has 0 amide bonds. The maximum atomic E-state index is 5.61. The summed E-state index contributed by atoms with van der Waals surface area (Å²) in [6.07, 6.45) is 1.75. The Bertz CT molecular complexity index is 560. The molecule has 0 radical (unpaired) electrons. The van der Waals surface area contributed by atoms with Gasteiger partial charge in [0.25, 0.3) is 0 Å². The van der Waals surface area contributed by atoms with Gasteiger partial charge in [0.15, 0.2) is 5.82 Å². The van der Waals surface area contributed by atoms with Gasteiger partial charge >= 0.3 is 0 Å². The van der Waals surface area contributed by atoms with E-state index in [1.807, 2.05) is 38.1 Å². The van der Waals surface area contributed by atoms with E-state index in [0.29, 0.717) is 12.4 Å². The highest BCUT2D eigenvalue weighted by Gasteiger charge is 2.10. The van der Waals surface area contributed by atoms with Crippen molar-refractivity contribution in [3.63, 3.8) is 0 Å². The summed E-state index contributed by atoms with van der Waals surface area (Å²) in [4.78, 5) is 8.88. The minimum absolute atomic E-state index is 0.619. The molecule has 0 atom stereocenters. The van der Waals surface area contributed by atoms with Gasteiger partial charge in [-0.05, 0) is 41.9 Å². The molecule has 2 aromatic rings. The van der Waals surface area contributed by atoms with Gasteiger partial charge in [-0.2, -0.15) is 0 Å². The third kappa shape index (κ3) is 3.23. The summed E-state index contributed by atoms with van der Waals surface area (Å²) < 4.78 is 6.46. The number of rotatable bonds is 5. The van der Waals surface area contributed by atoms with Crippen molar-refractivity contribution in [3.05, 3.63) is 34.9 Å². The smallest absolute Gasteiger partial charge is 0.165 e. The Hall–Kier alpha value is -1.62. The van der Waals surface area contributed by atoms with Crippen LogP contribution in [0.3, 0.4) is 0 Å². The Labute approximate surface area is 121 Å². The molecule has 0 saturated carbocycles. The van der Waals surface area contributed by atoms with Crippen molar-refractivity contribution in [2.45, 2.75) is 13.8 Å².